The quantitative estimate of drug-likeness (QED) is 0.379. The zero-order chi connectivity index (χ0) is 9.97. The van der Waals surface area contributed by atoms with E-state index in [1.807, 2.05) is 0 Å². The monoisotopic (exact) mass is 336 g/mol. The van der Waals surface area contributed by atoms with E-state index in [0.29, 0.717) is 0 Å². The Morgan fingerprint density at radius 3 is 1.72 bits per heavy atom. The van der Waals surface area contributed by atoms with Crippen LogP contribution in [0.3, 0.4) is 0 Å². The molecule has 96 valence electrons. The summed E-state index contributed by atoms with van der Waals surface area (Å²) in [6, 6.07) is 15.1. The van der Waals surface area contributed by atoms with Crippen LogP contribution in [0.5, 0.6) is 0 Å². The molecule has 0 N–H and O–H groups in total. The largest absolute Gasteiger partial charge is 4.00 e. The molecule has 0 radical (unpaired) electrons. The standard InChI is InChI=1S/C14H15.3ClH.Ti/c1-11-6-5-7-12(2)14(11)10-13-8-3-4-9-13;;;;/h3-9H,10H2,1-2H3;3*1H;/q-1;;;;+4/p-3. The Hall–Kier alpha value is 0.154. The van der Waals surface area contributed by atoms with E-state index in [4.69, 9.17) is 0 Å². The molecule has 4 heteroatoms. The fraction of sp³-hybridized carbons (Fsp3) is 0.214. The summed E-state index contributed by atoms with van der Waals surface area (Å²) < 4.78 is 0. The molecule has 0 amide bonds. The fourth-order valence-electron chi connectivity index (χ4n) is 1.86. The molecule has 2 rings (SSSR count). The minimum absolute atomic E-state index is 0. The third-order valence-corrected chi connectivity index (χ3v) is 2.76. The van der Waals surface area contributed by atoms with Crippen molar-refractivity contribution in [2.45, 2.75) is 20.3 Å². The average molecular weight is 338 g/mol. The van der Waals surface area contributed by atoms with E-state index >= 15 is 0 Å². The first-order chi connectivity index (χ1) is 6.77. The predicted octanol–water partition coefficient (Wildman–Crippen LogP) is -5.38. The summed E-state index contributed by atoms with van der Waals surface area (Å²) in [4.78, 5) is 0. The van der Waals surface area contributed by atoms with Gasteiger partial charge in [-0.1, -0.05) is 18.2 Å². The van der Waals surface area contributed by atoms with Crippen molar-refractivity contribution in [3.8, 4) is 0 Å². The summed E-state index contributed by atoms with van der Waals surface area (Å²) in [6.45, 7) is 4.37. The molecule has 0 saturated carbocycles. The summed E-state index contributed by atoms with van der Waals surface area (Å²) in [5.74, 6) is 0. The van der Waals surface area contributed by atoms with Gasteiger partial charge in [0.15, 0.2) is 0 Å². The van der Waals surface area contributed by atoms with Gasteiger partial charge in [0.05, 0.1) is 0 Å². The summed E-state index contributed by atoms with van der Waals surface area (Å²) in [5.41, 5.74) is 5.67. The van der Waals surface area contributed by atoms with Crippen LogP contribution in [0.1, 0.15) is 22.3 Å². The van der Waals surface area contributed by atoms with Gasteiger partial charge in [-0.15, -0.1) is 0 Å². The van der Waals surface area contributed by atoms with E-state index in [1.165, 1.54) is 22.3 Å². The Morgan fingerprint density at radius 2 is 1.28 bits per heavy atom. The zero-order valence-corrected chi connectivity index (χ0v) is 14.2. The Labute approximate surface area is 143 Å². The van der Waals surface area contributed by atoms with Crippen LogP contribution in [0.4, 0.5) is 0 Å². The van der Waals surface area contributed by atoms with Crippen molar-refractivity contribution in [3.63, 3.8) is 0 Å². The molecule has 0 aliphatic heterocycles. The van der Waals surface area contributed by atoms with Crippen molar-refractivity contribution in [1.29, 1.82) is 0 Å². The van der Waals surface area contributed by atoms with Crippen LogP contribution in [0, 0.1) is 13.8 Å². The number of hydrogen-bond acceptors (Lipinski definition) is 0. The molecule has 0 spiro atoms. The van der Waals surface area contributed by atoms with Crippen LogP contribution in [0.2, 0.25) is 0 Å². The first kappa shape index (κ1) is 23.3. The zero-order valence-electron chi connectivity index (χ0n) is 10.4. The molecule has 18 heavy (non-hydrogen) atoms. The topological polar surface area (TPSA) is 0 Å². The molecule has 0 heterocycles. The number of aryl methyl sites for hydroxylation is 2. The van der Waals surface area contributed by atoms with Crippen LogP contribution in [0.15, 0.2) is 42.5 Å². The second-order valence-electron chi connectivity index (χ2n) is 3.84. The summed E-state index contributed by atoms with van der Waals surface area (Å²) in [7, 11) is 0. The Kier molecular flexibility index (Phi) is 14.2. The first-order valence-corrected chi connectivity index (χ1v) is 5.03. The number of benzene rings is 1. The molecule has 0 atom stereocenters. The van der Waals surface area contributed by atoms with Gasteiger partial charge in [0.1, 0.15) is 0 Å². The summed E-state index contributed by atoms with van der Waals surface area (Å²) in [5, 5.41) is 0. The molecule has 0 nitrogen and oxygen atoms in total. The molecule has 2 aromatic rings. The van der Waals surface area contributed by atoms with E-state index in [9.17, 15) is 0 Å². The molecule has 0 aliphatic carbocycles. The van der Waals surface area contributed by atoms with Gasteiger partial charge in [-0.25, -0.2) is 12.1 Å². The van der Waals surface area contributed by atoms with Gasteiger partial charge in [0.2, 0.25) is 0 Å². The van der Waals surface area contributed by atoms with Gasteiger partial charge in [-0.3, -0.25) is 0 Å². The molecule has 0 fully saturated rings. The molecular weight excluding hydrogens is 322 g/mol. The summed E-state index contributed by atoms with van der Waals surface area (Å²) in [6.07, 6.45) is 1.06. The van der Waals surface area contributed by atoms with E-state index in [0.717, 1.165) is 6.42 Å². The van der Waals surface area contributed by atoms with Crippen molar-refractivity contribution in [1.82, 2.24) is 0 Å². The number of hydrogen-bond donors (Lipinski definition) is 0. The first-order valence-electron chi connectivity index (χ1n) is 5.03. The van der Waals surface area contributed by atoms with Gasteiger partial charge in [-0.2, -0.15) is 17.7 Å². The summed E-state index contributed by atoms with van der Waals surface area (Å²) >= 11 is 0. The van der Waals surface area contributed by atoms with Gasteiger partial charge >= 0.3 is 21.7 Å². The van der Waals surface area contributed by atoms with Crippen molar-refractivity contribution in [2.24, 2.45) is 0 Å². The molecule has 2 aromatic carbocycles. The van der Waals surface area contributed by atoms with Crippen molar-refractivity contribution < 1.29 is 58.9 Å². The predicted molar refractivity (Wildman–Crippen MR) is 60.8 cm³/mol. The number of halogens is 3. The van der Waals surface area contributed by atoms with Crippen LogP contribution >= 0.6 is 0 Å². The maximum atomic E-state index is 2.19. The minimum atomic E-state index is 0. The smallest absolute Gasteiger partial charge is 1.00 e. The number of rotatable bonds is 2. The van der Waals surface area contributed by atoms with Gasteiger partial charge in [0, 0.05) is 0 Å². The Bertz CT molecular complexity index is 404. The maximum Gasteiger partial charge on any atom is 4.00 e. The van der Waals surface area contributed by atoms with Gasteiger partial charge in [-0.05, 0) is 37.0 Å². The van der Waals surface area contributed by atoms with E-state index < -0.39 is 0 Å². The third-order valence-electron chi connectivity index (χ3n) is 2.76. The Balaban J connectivity index is -0.000000562. The van der Waals surface area contributed by atoms with Crippen LogP contribution in [-0.4, -0.2) is 0 Å². The van der Waals surface area contributed by atoms with Crippen LogP contribution < -0.4 is 37.2 Å². The van der Waals surface area contributed by atoms with Crippen molar-refractivity contribution in [2.75, 3.05) is 0 Å². The van der Waals surface area contributed by atoms with E-state index in [-0.39, 0.29) is 58.9 Å². The van der Waals surface area contributed by atoms with Gasteiger partial charge < -0.3 is 37.2 Å². The fourth-order valence-corrected chi connectivity index (χ4v) is 1.86. The molecular formula is C14H15Cl3Ti. The third kappa shape index (κ3) is 5.86. The van der Waals surface area contributed by atoms with E-state index in [1.54, 1.807) is 0 Å². The van der Waals surface area contributed by atoms with Gasteiger partial charge in [0.25, 0.3) is 0 Å². The molecule has 0 bridgehead atoms. The Morgan fingerprint density at radius 1 is 0.833 bits per heavy atom. The van der Waals surface area contributed by atoms with Crippen LogP contribution in [0.25, 0.3) is 0 Å². The molecule has 0 unspecified atom stereocenters. The normalized spacial score (nSPS) is 8.11. The van der Waals surface area contributed by atoms with Crippen molar-refractivity contribution in [3.05, 3.63) is 64.7 Å². The molecule has 0 aromatic heterocycles. The SMILES string of the molecule is Cc1cccc(C)c1C[c-]1cccc1.[Cl-].[Cl-].[Cl-].[Ti+4]. The van der Waals surface area contributed by atoms with Crippen LogP contribution in [-0.2, 0) is 28.1 Å². The minimum Gasteiger partial charge on any atom is -1.00 e. The second kappa shape index (κ2) is 11.0. The van der Waals surface area contributed by atoms with E-state index in [2.05, 4.69) is 56.3 Å². The average Bonchev–Trinajstić information content (AvgIpc) is 2.64. The van der Waals surface area contributed by atoms with Crippen molar-refractivity contribution >= 4 is 0 Å². The molecule has 0 saturated heterocycles. The molecule has 0 aliphatic rings. The maximum absolute atomic E-state index is 2.19. The second-order valence-corrected chi connectivity index (χ2v) is 3.84.